The highest BCUT2D eigenvalue weighted by Crippen LogP contribution is 2.22. The Balaban J connectivity index is 4.98. The van der Waals surface area contributed by atoms with E-state index in [2.05, 4.69) is 16.1 Å². The van der Waals surface area contributed by atoms with E-state index in [4.69, 9.17) is 0 Å². The minimum Gasteiger partial charge on any atom is -0.468 e. The maximum atomic E-state index is 11.6. The van der Waals surface area contributed by atoms with Crippen LogP contribution in [0.5, 0.6) is 0 Å². The molecule has 0 aliphatic carbocycles. The van der Waals surface area contributed by atoms with Crippen molar-refractivity contribution in [2.24, 2.45) is 11.8 Å². The van der Waals surface area contributed by atoms with Gasteiger partial charge in [-0.2, -0.15) is 0 Å². The Kier molecular flexibility index (Phi) is 7.76. The Morgan fingerprint density at radius 2 is 1.76 bits per heavy atom. The van der Waals surface area contributed by atoms with Crippen LogP contribution < -0.4 is 0 Å². The molecule has 0 fully saturated rings. The summed E-state index contributed by atoms with van der Waals surface area (Å²) in [6, 6.07) is 0. The highest BCUT2D eigenvalue weighted by Gasteiger charge is 2.34. The van der Waals surface area contributed by atoms with E-state index in [1.165, 1.54) is 14.2 Å². The monoisotopic (exact) mass is 240 g/mol. The van der Waals surface area contributed by atoms with E-state index < -0.39 is 17.9 Å². The molecule has 0 aromatic heterocycles. The van der Waals surface area contributed by atoms with Crippen molar-refractivity contribution in [1.82, 2.24) is 0 Å². The van der Waals surface area contributed by atoms with E-state index in [0.29, 0.717) is 6.42 Å². The quantitative estimate of drug-likeness (QED) is 0.388. The summed E-state index contributed by atoms with van der Waals surface area (Å²) in [5, 5.41) is 0. The Labute approximate surface area is 102 Å². The molecule has 0 saturated carbocycles. The van der Waals surface area contributed by atoms with Gasteiger partial charge in [-0.15, -0.1) is 6.58 Å². The SMILES string of the molecule is C=CCCC(/C=C/C)C(C(=O)OC)C(=O)OC. The van der Waals surface area contributed by atoms with Crippen LogP contribution in [0.3, 0.4) is 0 Å². The third-order valence-electron chi connectivity index (χ3n) is 2.48. The summed E-state index contributed by atoms with van der Waals surface area (Å²) < 4.78 is 9.29. The van der Waals surface area contributed by atoms with Gasteiger partial charge in [-0.3, -0.25) is 9.59 Å². The zero-order valence-corrected chi connectivity index (χ0v) is 10.6. The van der Waals surface area contributed by atoms with E-state index in [1.54, 1.807) is 6.08 Å². The predicted molar refractivity (Wildman–Crippen MR) is 65.3 cm³/mol. The number of allylic oxidation sites excluding steroid dienone is 3. The smallest absolute Gasteiger partial charge is 0.320 e. The van der Waals surface area contributed by atoms with Gasteiger partial charge in [0.25, 0.3) is 0 Å². The van der Waals surface area contributed by atoms with E-state index in [1.807, 2.05) is 19.1 Å². The topological polar surface area (TPSA) is 52.6 Å². The lowest BCUT2D eigenvalue weighted by Gasteiger charge is -2.19. The molecule has 0 N–H and O–H groups in total. The molecule has 1 atom stereocenters. The first-order chi connectivity index (χ1) is 8.12. The van der Waals surface area contributed by atoms with E-state index >= 15 is 0 Å². The lowest BCUT2D eigenvalue weighted by Crippen LogP contribution is -2.32. The third kappa shape index (κ3) is 4.85. The van der Waals surface area contributed by atoms with Crippen LogP contribution in [0.25, 0.3) is 0 Å². The van der Waals surface area contributed by atoms with Gasteiger partial charge in [0, 0.05) is 5.92 Å². The number of carbonyl (C=O) groups is 2. The van der Waals surface area contributed by atoms with Crippen molar-refractivity contribution in [3.8, 4) is 0 Å². The lowest BCUT2D eigenvalue weighted by atomic mass is 9.88. The summed E-state index contributed by atoms with van der Waals surface area (Å²) in [4.78, 5) is 23.2. The number of carbonyl (C=O) groups excluding carboxylic acids is 2. The van der Waals surface area contributed by atoms with Crippen LogP contribution in [-0.4, -0.2) is 26.2 Å². The first-order valence-electron chi connectivity index (χ1n) is 5.51. The molecule has 0 amide bonds. The summed E-state index contributed by atoms with van der Waals surface area (Å²) in [7, 11) is 2.52. The molecule has 0 heterocycles. The van der Waals surface area contributed by atoms with Crippen LogP contribution in [0, 0.1) is 11.8 Å². The molecule has 96 valence electrons. The van der Waals surface area contributed by atoms with Crippen molar-refractivity contribution in [3.05, 3.63) is 24.8 Å². The first kappa shape index (κ1) is 15.4. The van der Waals surface area contributed by atoms with E-state index in [9.17, 15) is 9.59 Å². The van der Waals surface area contributed by atoms with Crippen LogP contribution in [-0.2, 0) is 19.1 Å². The number of methoxy groups -OCH3 is 2. The van der Waals surface area contributed by atoms with Gasteiger partial charge in [0.05, 0.1) is 14.2 Å². The van der Waals surface area contributed by atoms with Crippen molar-refractivity contribution in [2.75, 3.05) is 14.2 Å². The second-order valence-electron chi connectivity index (χ2n) is 3.58. The number of esters is 2. The van der Waals surface area contributed by atoms with Gasteiger partial charge in [-0.25, -0.2) is 0 Å². The molecule has 0 bridgehead atoms. The van der Waals surface area contributed by atoms with Crippen LogP contribution in [0.1, 0.15) is 19.8 Å². The van der Waals surface area contributed by atoms with Crippen LogP contribution in [0.4, 0.5) is 0 Å². The molecule has 0 aromatic rings. The van der Waals surface area contributed by atoms with Gasteiger partial charge >= 0.3 is 11.9 Å². The fourth-order valence-electron chi connectivity index (χ4n) is 1.63. The second kappa shape index (κ2) is 8.56. The molecule has 4 nitrogen and oxygen atoms in total. The van der Waals surface area contributed by atoms with Crippen molar-refractivity contribution in [1.29, 1.82) is 0 Å². The molecule has 0 spiro atoms. The Morgan fingerprint density at radius 1 is 1.24 bits per heavy atom. The molecule has 0 radical (unpaired) electrons. The van der Waals surface area contributed by atoms with Crippen molar-refractivity contribution in [2.45, 2.75) is 19.8 Å². The summed E-state index contributed by atoms with van der Waals surface area (Å²) in [6.45, 7) is 5.47. The average Bonchev–Trinajstić information content (AvgIpc) is 2.35. The van der Waals surface area contributed by atoms with Crippen LogP contribution in [0.2, 0.25) is 0 Å². The van der Waals surface area contributed by atoms with Crippen molar-refractivity contribution in [3.63, 3.8) is 0 Å². The minimum absolute atomic E-state index is 0.224. The number of rotatable bonds is 7. The molecule has 0 aromatic carbocycles. The Bertz CT molecular complexity index is 278. The van der Waals surface area contributed by atoms with E-state index in [0.717, 1.165) is 6.42 Å². The second-order valence-corrected chi connectivity index (χ2v) is 3.58. The highest BCUT2D eigenvalue weighted by molar-refractivity contribution is 5.95. The van der Waals surface area contributed by atoms with Crippen LogP contribution in [0.15, 0.2) is 24.8 Å². The van der Waals surface area contributed by atoms with Gasteiger partial charge in [0.2, 0.25) is 0 Å². The third-order valence-corrected chi connectivity index (χ3v) is 2.48. The molecule has 1 unspecified atom stereocenters. The molecular weight excluding hydrogens is 220 g/mol. The van der Waals surface area contributed by atoms with E-state index in [-0.39, 0.29) is 5.92 Å². The number of hydrogen-bond acceptors (Lipinski definition) is 4. The first-order valence-corrected chi connectivity index (χ1v) is 5.51. The highest BCUT2D eigenvalue weighted by atomic mass is 16.5. The molecule has 0 aliphatic rings. The van der Waals surface area contributed by atoms with Gasteiger partial charge in [-0.1, -0.05) is 18.2 Å². The van der Waals surface area contributed by atoms with Gasteiger partial charge in [0.15, 0.2) is 5.92 Å². The average molecular weight is 240 g/mol. The fraction of sp³-hybridized carbons (Fsp3) is 0.538. The standard InChI is InChI=1S/C13H20O4/c1-5-7-9-10(8-6-2)11(12(14)16-3)13(15)17-4/h5-6,8,10-11H,1,7,9H2,2-4H3/b8-6+. The fourth-order valence-corrected chi connectivity index (χ4v) is 1.63. The van der Waals surface area contributed by atoms with Gasteiger partial charge < -0.3 is 9.47 Å². The van der Waals surface area contributed by atoms with Crippen molar-refractivity contribution >= 4 is 11.9 Å². The van der Waals surface area contributed by atoms with Crippen LogP contribution >= 0.6 is 0 Å². The summed E-state index contributed by atoms with van der Waals surface area (Å²) >= 11 is 0. The lowest BCUT2D eigenvalue weighted by molar-refractivity contribution is -0.160. The summed E-state index contributed by atoms with van der Waals surface area (Å²) in [5.74, 6) is -2.26. The maximum absolute atomic E-state index is 11.6. The molecular formula is C13H20O4. The Hall–Kier alpha value is -1.58. The molecule has 4 heteroatoms. The molecule has 0 rings (SSSR count). The van der Waals surface area contributed by atoms with Gasteiger partial charge in [-0.05, 0) is 19.8 Å². The maximum Gasteiger partial charge on any atom is 0.320 e. The molecule has 0 saturated heterocycles. The molecule has 17 heavy (non-hydrogen) atoms. The zero-order chi connectivity index (χ0) is 13.3. The minimum atomic E-state index is -0.902. The predicted octanol–water partition coefficient (Wildman–Crippen LogP) is 2.11. The largest absolute Gasteiger partial charge is 0.468 e. The van der Waals surface area contributed by atoms with Gasteiger partial charge in [0.1, 0.15) is 0 Å². The summed E-state index contributed by atoms with van der Waals surface area (Å²) in [5.41, 5.74) is 0. The zero-order valence-electron chi connectivity index (χ0n) is 10.6. The normalized spacial score (nSPS) is 12.5. The Morgan fingerprint density at radius 3 is 2.12 bits per heavy atom. The van der Waals surface area contributed by atoms with Crippen molar-refractivity contribution < 1.29 is 19.1 Å². The molecule has 0 aliphatic heterocycles. The number of ether oxygens (including phenoxy) is 2. The summed E-state index contributed by atoms with van der Waals surface area (Å²) in [6.07, 6.45) is 6.76. The number of hydrogen-bond donors (Lipinski definition) is 0.